The second-order valence-corrected chi connectivity index (χ2v) is 4.93. The fraction of sp³-hybridized carbons (Fsp3) is 0.250. The van der Waals surface area contributed by atoms with Gasteiger partial charge in [0.15, 0.2) is 0 Å². The maximum absolute atomic E-state index is 12.5. The molecule has 13 heavy (non-hydrogen) atoms. The molecule has 0 saturated carbocycles. The van der Waals surface area contributed by atoms with Gasteiger partial charge in [0, 0.05) is 11.2 Å². The van der Waals surface area contributed by atoms with Gasteiger partial charge < -0.3 is 4.52 Å². The van der Waals surface area contributed by atoms with Crippen LogP contribution in [0.25, 0.3) is 0 Å². The minimum absolute atomic E-state index is 0.223. The average molecular weight is 223 g/mol. The molecule has 0 aliphatic rings. The van der Waals surface area contributed by atoms with Gasteiger partial charge in [0.1, 0.15) is 5.75 Å². The minimum atomic E-state index is -4.46. The van der Waals surface area contributed by atoms with E-state index in [2.05, 4.69) is 4.52 Å². The zero-order valence-corrected chi connectivity index (χ0v) is 8.90. The van der Waals surface area contributed by atoms with Crippen LogP contribution < -0.4 is 4.52 Å². The molecule has 0 aliphatic carbocycles. The van der Waals surface area contributed by atoms with Gasteiger partial charge in [0.05, 0.1) is 0 Å². The Bertz CT molecular complexity index is 361. The first-order valence-electron chi connectivity index (χ1n) is 3.65. The second kappa shape index (κ2) is 3.69. The number of benzene rings is 1. The highest BCUT2D eigenvalue weighted by molar-refractivity contribution is 7.81. The fourth-order valence-electron chi connectivity index (χ4n) is 0.938. The zero-order chi connectivity index (χ0) is 10.1. The van der Waals surface area contributed by atoms with Crippen molar-refractivity contribution in [1.82, 2.24) is 0 Å². The summed E-state index contributed by atoms with van der Waals surface area (Å²) in [4.78, 5) is 0. The molecule has 1 aromatic carbocycles. The lowest BCUT2D eigenvalue weighted by Gasteiger charge is -2.09. The third-order valence-corrected chi connectivity index (χ3v) is 2.38. The summed E-state index contributed by atoms with van der Waals surface area (Å²) in [7, 11) is -4.46. The van der Waals surface area contributed by atoms with Crippen molar-refractivity contribution in [2.24, 2.45) is 0 Å². The average Bonchev–Trinajstić information content (AvgIpc) is 1.96. The lowest BCUT2D eigenvalue weighted by molar-refractivity contribution is 0.453. The van der Waals surface area contributed by atoms with Crippen molar-refractivity contribution in [2.75, 3.05) is 0 Å². The van der Waals surface area contributed by atoms with E-state index in [-0.39, 0.29) is 5.75 Å². The molecule has 0 fully saturated rings. The van der Waals surface area contributed by atoms with Gasteiger partial charge in [-0.2, -0.15) is 0 Å². The summed E-state index contributed by atoms with van der Waals surface area (Å²) >= 11 is 4.86. The Labute approximate surface area is 81.0 Å². The zero-order valence-electron chi connectivity index (χ0n) is 7.25. The molecule has 0 saturated heterocycles. The minimum Gasteiger partial charge on any atom is -0.410 e. The molecule has 0 amide bonds. The van der Waals surface area contributed by atoms with Crippen LogP contribution in [0.1, 0.15) is 11.1 Å². The van der Waals surface area contributed by atoms with Crippen LogP contribution in [0, 0.1) is 13.8 Å². The van der Waals surface area contributed by atoms with Crippen molar-refractivity contribution in [2.45, 2.75) is 13.8 Å². The van der Waals surface area contributed by atoms with E-state index in [1.165, 1.54) is 6.07 Å². The van der Waals surface area contributed by atoms with Crippen molar-refractivity contribution in [3.63, 3.8) is 0 Å². The van der Waals surface area contributed by atoms with E-state index in [1.54, 1.807) is 13.0 Å². The van der Waals surface area contributed by atoms with Crippen LogP contribution in [-0.2, 0) is 4.57 Å². The van der Waals surface area contributed by atoms with Crippen LogP contribution in [0.4, 0.5) is 4.20 Å². The van der Waals surface area contributed by atoms with E-state index in [9.17, 15) is 8.76 Å². The monoisotopic (exact) mass is 222 g/mol. The SMILES string of the molecule is Cc1cccc(OP(=O)(F)Cl)c1C. The second-order valence-electron chi connectivity index (χ2n) is 2.70. The van der Waals surface area contributed by atoms with Crippen molar-refractivity contribution in [1.29, 1.82) is 0 Å². The summed E-state index contributed by atoms with van der Waals surface area (Å²) < 4.78 is 27.5. The van der Waals surface area contributed by atoms with Crippen molar-refractivity contribution < 1.29 is 13.3 Å². The van der Waals surface area contributed by atoms with E-state index in [0.29, 0.717) is 0 Å². The summed E-state index contributed by atoms with van der Waals surface area (Å²) in [6.45, 7) is 3.59. The summed E-state index contributed by atoms with van der Waals surface area (Å²) in [5.41, 5.74) is 1.67. The molecule has 0 radical (unpaired) electrons. The third kappa shape index (κ3) is 3.02. The Morgan fingerprint density at radius 3 is 2.62 bits per heavy atom. The standard InChI is InChI=1S/C8H9ClFO2P/c1-6-4-3-5-8(7(6)2)12-13(9,10)11/h3-5H,1-2H3. The highest BCUT2D eigenvalue weighted by Gasteiger charge is 2.20. The van der Waals surface area contributed by atoms with Crippen LogP contribution in [0.3, 0.4) is 0 Å². The van der Waals surface area contributed by atoms with Gasteiger partial charge in [-0.1, -0.05) is 12.1 Å². The predicted octanol–water partition coefficient (Wildman–Crippen LogP) is 4.00. The summed E-state index contributed by atoms with van der Waals surface area (Å²) in [5, 5.41) is 0. The smallest absolute Gasteiger partial charge is 0.410 e. The van der Waals surface area contributed by atoms with Crippen LogP contribution in [-0.4, -0.2) is 0 Å². The Morgan fingerprint density at radius 1 is 1.46 bits per heavy atom. The quantitative estimate of drug-likeness (QED) is 0.707. The van der Waals surface area contributed by atoms with E-state index in [1.807, 2.05) is 13.0 Å². The molecule has 0 N–H and O–H groups in total. The molecule has 1 rings (SSSR count). The van der Waals surface area contributed by atoms with Crippen LogP contribution in [0.2, 0.25) is 0 Å². The first kappa shape index (κ1) is 10.6. The number of hydrogen-bond acceptors (Lipinski definition) is 2. The van der Waals surface area contributed by atoms with Crippen molar-refractivity contribution in [3.05, 3.63) is 29.3 Å². The van der Waals surface area contributed by atoms with Gasteiger partial charge in [-0.25, -0.2) is 4.57 Å². The Balaban J connectivity index is 3.03. The molecule has 2 nitrogen and oxygen atoms in total. The predicted molar refractivity (Wildman–Crippen MR) is 51.1 cm³/mol. The molecular formula is C8H9ClFO2P. The fourth-order valence-corrected chi connectivity index (χ4v) is 1.59. The Hall–Kier alpha value is -0.530. The van der Waals surface area contributed by atoms with Gasteiger partial charge in [0.25, 0.3) is 0 Å². The molecule has 0 aromatic heterocycles. The highest BCUT2D eigenvalue weighted by atomic mass is 35.7. The largest absolute Gasteiger partial charge is 0.514 e. The van der Waals surface area contributed by atoms with Crippen molar-refractivity contribution in [3.8, 4) is 5.75 Å². The molecule has 5 heteroatoms. The Morgan fingerprint density at radius 2 is 2.08 bits per heavy atom. The lowest BCUT2D eigenvalue weighted by Crippen LogP contribution is -1.88. The topological polar surface area (TPSA) is 26.3 Å². The van der Waals surface area contributed by atoms with Gasteiger partial charge in [0.2, 0.25) is 0 Å². The molecule has 0 bridgehead atoms. The van der Waals surface area contributed by atoms with E-state index in [0.717, 1.165) is 11.1 Å². The van der Waals surface area contributed by atoms with E-state index in [4.69, 9.17) is 11.2 Å². The summed E-state index contributed by atoms with van der Waals surface area (Å²) in [6, 6.07) is 5.06. The molecule has 0 spiro atoms. The normalized spacial score (nSPS) is 15.1. The molecule has 1 unspecified atom stereocenters. The molecule has 0 aliphatic heterocycles. The first-order chi connectivity index (χ1) is 5.90. The van der Waals surface area contributed by atoms with Gasteiger partial charge in [-0.15, -0.1) is 4.20 Å². The number of rotatable bonds is 2. The van der Waals surface area contributed by atoms with Crippen LogP contribution in [0.5, 0.6) is 5.75 Å². The third-order valence-electron chi connectivity index (χ3n) is 1.76. The molecule has 72 valence electrons. The van der Waals surface area contributed by atoms with Gasteiger partial charge in [-0.05, 0) is 31.0 Å². The van der Waals surface area contributed by atoms with Crippen LogP contribution >= 0.6 is 18.3 Å². The summed E-state index contributed by atoms with van der Waals surface area (Å²) in [5.74, 6) is 0.223. The van der Waals surface area contributed by atoms with Crippen LogP contribution in [0.15, 0.2) is 18.2 Å². The number of hydrogen-bond donors (Lipinski definition) is 0. The number of aryl methyl sites for hydroxylation is 1. The molecular weight excluding hydrogens is 214 g/mol. The van der Waals surface area contributed by atoms with Crippen molar-refractivity contribution >= 4 is 18.3 Å². The van der Waals surface area contributed by atoms with Gasteiger partial charge in [-0.3, -0.25) is 0 Å². The molecule has 1 atom stereocenters. The van der Waals surface area contributed by atoms with E-state index >= 15 is 0 Å². The maximum atomic E-state index is 12.5. The van der Waals surface area contributed by atoms with Gasteiger partial charge >= 0.3 is 7.03 Å². The van der Waals surface area contributed by atoms with E-state index < -0.39 is 7.03 Å². The Kier molecular flexibility index (Phi) is 2.99. The maximum Gasteiger partial charge on any atom is 0.514 e. The highest BCUT2D eigenvalue weighted by Crippen LogP contribution is 2.54. The molecule has 1 aromatic rings. The number of halogens is 2. The first-order valence-corrected chi connectivity index (χ1v) is 6.07. The molecule has 0 heterocycles. The lowest BCUT2D eigenvalue weighted by atomic mass is 10.1. The summed E-state index contributed by atoms with van der Waals surface area (Å²) in [6.07, 6.45) is 0.